The van der Waals surface area contributed by atoms with E-state index in [1.165, 1.54) is 43.9 Å². The SMILES string of the molecule is CC(C)Oc1c(/C(C=N)=C/N)ncn2nc(Nc3ccc(S(=O)(=O)N4CCCC(CN5CCC(c6ccc(/C(=N\N(C)C)N7CCC(=O)NC7=O)cc6)C(C)C5)C4)cc3F)nc12. The first-order valence-corrected chi connectivity index (χ1v) is 22.2. The van der Waals surface area contributed by atoms with Gasteiger partial charge in [-0.15, -0.1) is 5.10 Å². The van der Waals surface area contributed by atoms with E-state index in [0.29, 0.717) is 48.4 Å². The fourth-order valence-electron chi connectivity index (χ4n) is 8.42. The van der Waals surface area contributed by atoms with Crippen LogP contribution < -0.4 is 21.1 Å². The third-order valence-electron chi connectivity index (χ3n) is 11.3. The van der Waals surface area contributed by atoms with Gasteiger partial charge in [0.1, 0.15) is 17.8 Å². The van der Waals surface area contributed by atoms with Crippen molar-refractivity contribution in [2.24, 2.45) is 22.7 Å². The topological polar surface area (TPSA) is 220 Å². The average Bonchev–Trinajstić information content (AvgIpc) is 3.65. The number of fused-ring (bicyclic) bond motifs is 1. The van der Waals surface area contributed by atoms with E-state index in [4.69, 9.17) is 15.9 Å². The summed E-state index contributed by atoms with van der Waals surface area (Å²) in [6, 6.07) is 11.4. The molecule has 4 aromatic rings. The summed E-state index contributed by atoms with van der Waals surface area (Å²) in [5.41, 5.74) is 8.57. The van der Waals surface area contributed by atoms with Crippen LogP contribution in [0.3, 0.4) is 0 Å². The van der Waals surface area contributed by atoms with Gasteiger partial charge in [0.2, 0.25) is 27.5 Å². The Bertz CT molecular complexity index is 2490. The standard InChI is InChI=1S/C42H54FN13O5S/c1-26(2)61-38-37(31(20-44)21-45)46-25-56-40(38)49-41(51-56)47-35-13-12-32(19-34(35)43)62(59,60)54-16-6-7-28(24-54)23-53-17-14-33(27(3)22-53)29-8-10-30(11-9-29)39(50-52(4)5)55-18-15-36(57)48-42(55)58/h8-13,19-21,25-28,33,44H,6-7,14-18,22-24,45H2,1-5H3,(H,47,51)(H,48,57,58)/b31-21+,44-20?,50-39+. The first-order chi connectivity index (χ1) is 29.6. The lowest BCUT2D eigenvalue weighted by Crippen LogP contribution is -2.52. The summed E-state index contributed by atoms with van der Waals surface area (Å²) in [7, 11) is -0.412. The van der Waals surface area contributed by atoms with Crippen molar-refractivity contribution in [2.75, 3.05) is 58.7 Å². The molecule has 3 fully saturated rings. The molecule has 62 heavy (non-hydrogen) atoms. The van der Waals surface area contributed by atoms with Gasteiger partial charge in [0.25, 0.3) is 0 Å². The second-order valence-electron chi connectivity index (χ2n) is 16.5. The number of nitrogens with one attached hydrogen (secondary N) is 3. The number of piperidine rings is 2. The van der Waals surface area contributed by atoms with Gasteiger partial charge in [0.15, 0.2) is 11.6 Å². The lowest BCUT2D eigenvalue weighted by atomic mass is 9.81. The summed E-state index contributed by atoms with van der Waals surface area (Å²) >= 11 is 0. The zero-order valence-electron chi connectivity index (χ0n) is 35.6. The van der Waals surface area contributed by atoms with Crippen LogP contribution in [-0.2, 0) is 14.8 Å². The number of amidine groups is 1. The number of sulfonamides is 1. The van der Waals surface area contributed by atoms with Crippen molar-refractivity contribution in [3.8, 4) is 5.75 Å². The first kappa shape index (κ1) is 44.1. The molecule has 0 saturated carbocycles. The maximum Gasteiger partial charge on any atom is 0.329 e. The number of carbonyl (C=O) groups is 2. The number of halogens is 1. The highest BCUT2D eigenvalue weighted by Gasteiger charge is 2.35. The number of allylic oxidation sites excluding steroid dienone is 1. The Morgan fingerprint density at radius 3 is 2.56 bits per heavy atom. The maximum absolute atomic E-state index is 15.7. The van der Waals surface area contributed by atoms with E-state index >= 15 is 4.39 Å². The Hall–Kier alpha value is -5.99. The van der Waals surface area contributed by atoms with Crippen molar-refractivity contribution in [3.63, 3.8) is 0 Å². The molecule has 2 aromatic heterocycles. The van der Waals surface area contributed by atoms with Crippen molar-refractivity contribution >= 4 is 56.9 Å². The van der Waals surface area contributed by atoms with Crippen molar-refractivity contribution in [1.29, 1.82) is 5.41 Å². The van der Waals surface area contributed by atoms with E-state index in [9.17, 15) is 18.0 Å². The van der Waals surface area contributed by atoms with Crippen LogP contribution in [0.1, 0.15) is 69.2 Å². The Morgan fingerprint density at radius 2 is 1.90 bits per heavy atom. The molecule has 3 atom stereocenters. The Morgan fingerprint density at radius 1 is 1.13 bits per heavy atom. The van der Waals surface area contributed by atoms with Gasteiger partial charge in [-0.05, 0) is 81.2 Å². The molecule has 18 nitrogen and oxygen atoms in total. The number of nitrogens with zero attached hydrogens (tertiary/aromatic N) is 9. The van der Waals surface area contributed by atoms with Crippen molar-refractivity contribution in [1.82, 2.24) is 44.0 Å². The Labute approximate surface area is 360 Å². The largest absolute Gasteiger partial charge is 0.485 e. The molecule has 0 aliphatic carbocycles. The van der Waals surface area contributed by atoms with E-state index in [1.807, 2.05) is 26.0 Å². The summed E-state index contributed by atoms with van der Waals surface area (Å²) in [6.45, 7) is 9.37. The molecule has 3 amide bonds. The number of hydrazone groups is 1. The highest BCUT2D eigenvalue weighted by Crippen LogP contribution is 2.35. The van der Waals surface area contributed by atoms with Crippen LogP contribution in [0.5, 0.6) is 5.75 Å². The number of rotatable bonds is 13. The lowest BCUT2D eigenvalue weighted by molar-refractivity contribution is -0.121. The maximum atomic E-state index is 15.7. The Balaban J connectivity index is 0.970. The normalized spacial score (nSPS) is 21.0. The molecule has 5 heterocycles. The minimum atomic E-state index is -3.99. The molecular weight excluding hydrogens is 818 g/mol. The fraction of sp³-hybridized carbons (Fsp3) is 0.452. The first-order valence-electron chi connectivity index (χ1n) is 20.8. The highest BCUT2D eigenvalue weighted by atomic mass is 32.2. The van der Waals surface area contributed by atoms with Gasteiger partial charge >= 0.3 is 6.03 Å². The number of urea groups is 1. The van der Waals surface area contributed by atoms with E-state index in [-0.39, 0.29) is 58.8 Å². The third kappa shape index (κ3) is 9.56. The minimum Gasteiger partial charge on any atom is -0.485 e. The number of amides is 3. The highest BCUT2D eigenvalue weighted by molar-refractivity contribution is 7.89. The number of likely N-dealkylation sites (tertiary alicyclic amines) is 1. The number of benzene rings is 2. The molecule has 7 rings (SSSR count). The summed E-state index contributed by atoms with van der Waals surface area (Å²) in [5, 5.41) is 23.5. The minimum absolute atomic E-state index is 0.0143. The van der Waals surface area contributed by atoms with Crippen molar-refractivity contribution < 1.29 is 27.1 Å². The second kappa shape index (κ2) is 18.5. The van der Waals surface area contributed by atoms with E-state index in [2.05, 4.69) is 54.8 Å². The van der Waals surface area contributed by atoms with Gasteiger partial charge in [0, 0.05) is 76.8 Å². The molecule has 3 saturated heterocycles. The summed E-state index contributed by atoms with van der Waals surface area (Å²) < 4.78 is 52.3. The number of hydrogen-bond donors (Lipinski definition) is 4. The predicted molar refractivity (Wildman–Crippen MR) is 233 cm³/mol. The molecule has 3 aliphatic heterocycles. The van der Waals surface area contributed by atoms with Gasteiger partial charge in [-0.2, -0.15) is 18.9 Å². The Kier molecular flexibility index (Phi) is 13.2. The number of imide groups is 1. The molecule has 3 unspecified atom stereocenters. The van der Waals surface area contributed by atoms with Gasteiger partial charge < -0.3 is 31.1 Å². The van der Waals surface area contributed by atoms with Gasteiger partial charge in [-0.25, -0.2) is 22.6 Å². The van der Waals surface area contributed by atoms with Crippen LogP contribution in [0.4, 0.5) is 20.8 Å². The smallest absolute Gasteiger partial charge is 0.329 e. The molecular formula is C42H54FN13O5S. The van der Waals surface area contributed by atoms with E-state index in [0.717, 1.165) is 50.3 Å². The molecule has 0 bridgehead atoms. The number of nitrogens with two attached hydrogens (primary N) is 1. The van der Waals surface area contributed by atoms with Crippen LogP contribution in [-0.4, -0.2) is 131 Å². The van der Waals surface area contributed by atoms with Crippen LogP contribution in [0.25, 0.3) is 11.2 Å². The number of aromatic nitrogens is 4. The monoisotopic (exact) mass is 871 g/mol. The molecule has 3 aliphatic rings. The third-order valence-corrected chi connectivity index (χ3v) is 13.2. The fourth-order valence-corrected chi connectivity index (χ4v) is 9.98. The number of hydrogen-bond acceptors (Lipinski definition) is 14. The van der Waals surface area contributed by atoms with Gasteiger partial charge in [-0.1, -0.05) is 31.2 Å². The average molecular weight is 872 g/mol. The molecule has 20 heteroatoms. The van der Waals surface area contributed by atoms with Crippen LogP contribution in [0, 0.1) is 23.1 Å². The van der Waals surface area contributed by atoms with Gasteiger partial charge in [-0.3, -0.25) is 15.0 Å². The number of carbonyl (C=O) groups excluding carboxylic acids is 2. The molecule has 0 spiro atoms. The summed E-state index contributed by atoms with van der Waals surface area (Å²) in [6.07, 6.45) is 6.17. The van der Waals surface area contributed by atoms with Crippen LogP contribution in [0.15, 0.2) is 65.0 Å². The van der Waals surface area contributed by atoms with E-state index < -0.39 is 21.9 Å². The number of anilines is 2. The van der Waals surface area contributed by atoms with E-state index in [1.54, 1.807) is 19.1 Å². The second-order valence-corrected chi connectivity index (χ2v) is 18.4. The zero-order chi connectivity index (χ0) is 44.3. The number of ether oxygens (including phenoxy) is 1. The predicted octanol–water partition coefficient (Wildman–Crippen LogP) is 4.43. The molecule has 330 valence electrons. The zero-order valence-corrected chi connectivity index (χ0v) is 36.4. The van der Waals surface area contributed by atoms with Crippen molar-refractivity contribution in [3.05, 3.63) is 77.6 Å². The van der Waals surface area contributed by atoms with Crippen molar-refractivity contribution in [2.45, 2.75) is 63.4 Å². The molecule has 2 aromatic carbocycles. The summed E-state index contributed by atoms with van der Waals surface area (Å²) in [4.78, 5) is 37.0. The van der Waals surface area contributed by atoms with Gasteiger partial charge in [0.05, 0.1) is 16.7 Å². The lowest BCUT2D eigenvalue weighted by Gasteiger charge is -2.40. The quantitative estimate of drug-likeness (QED) is 0.0833. The molecule has 0 radical (unpaired) electrons. The van der Waals surface area contributed by atoms with Crippen LogP contribution in [0.2, 0.25) is 0 Å². The molecule has 5 N–H and O–H groups in total. The van der Waals surface area contributed by atoms with Crippen LogP contribution >= 0.6 is 0 Å². The summed E-state index contributed by atoms with van der Waals surface area (Å²) in [5.74, 6) is 0.471.